The summed E-state index contributed by atoms with van der Waals surface area (Å²) in [5, 5.41) is 2.60. The molecule has 0 radical (unpaired) electrons. The van der Waals surface area contributed by atoms with Crippen LogP contribution in [0.2, 0.25) is 0 Å². The number of carbonyl (C=O) groups is 1. The van der Waals surface area contributed by atoms with E-state index < -0.39 is 10.0 Å². The summed E-state index contributed by atoms with van der Waals surface area (Å²) in [7, 11) is -3.43. The van der Waals surface area contributed by atoms with Crippen LogP contribution in [0.5, 0.6) is 0 Å². The number of carbonyl (C=O) groups excluding carboxylic acids is 1. The molecular weight excluding hydrogens is 392 g/mol. The molecule has 0 aliphatic carbocycles. The average Bonchev–Trinajstić information content (AvgIpc) is 3.21. The molecule has 5 nitrogen and oxygen atoms in total. The summed E-state index contributed by atoms with van der Waals surface area (Å²) in [5.41, 5.74) is 3.02. The number of sulfonamides is 1. The van der Waals surface area contributed by atoms with Crippen molar-refractivity contribution in [2.75, 3.05) is 18.4 Å². The van der Waals surface area contributed by atoms with Gasteiger partial charge in [0.15, 0.2) is 0 Å². The normalized spacial score (nSPS) is 16.1. The fourth-order valence-corrected chi connectivity index (χ4v) is 5.56. The molecule has 1 N–H and O–H groups in total. The Morgan fingerprint density at radius 2 is 1.68 bits per heavy atom. The van der Waals surface area contributed by atoms with Crippen molar-refractivity contribution < 1.29 is 13.2 Å². The second kappa shape index (κ2) is 8.68. The van der Waals surface area contributed by atoms with Gasteiger partial charge in [0.25, 0.3) is 0 Å². The van der Waals surface area contributed by atoms with E-state index in [4.69, 9.17) is 0 Å². The molecule has 1 atom stereocenters. The number of hydrogen-bond acceptors (Lipinski definition) is 4. The van der Waals surface area contributed by atoms with E-state index in [1.54, 1.807) is 24.3 Å². The largest absolute Gasteiger partial charge is 0.325 e. The van der Waals surface area contributed by atoms with Crippen molar-refractivity contribution in [3.8, 4) is 0 Å². The van der Waals surface area contributed by atoms with Gasteiger partial charge in [-0.2, -0.15) is 4.31 Å². The zero-order valence-electron chi connectivity index (χ0n) is 16.4. The van der Waals surface area contributed by atoms with Crippen LogP contribution < -0.4 is 5.32 Å². The van der Waals surface area contributed by atoms with Crippen LogP contribution in [0, 0.1) is 13.8 Å². The molecule has 0 spiro atoms. The first-order chi connectivity index (χ1) is 13.3. The molecule has 2 aromatic carbocycles. The third-order valence-corrected chi connectivity index (χ3v) is 7.99. The van der Waals surface area contributed by atoms with Gasteiger partial charge in [0.1, 0.15) is 0 Å². The highest BCUT2D eigenvalue weighted by molar-refractivity contribution is 8.00. The highest BCUT2D eigenvalue weighted by atomic mass is 32.2. The zero-order chi connectivity index (χ0) is 20.3. The molecule has 0 saturated carbocycles. The van der Waals surface area contributed by atoms with Crippen LogP contribution >= 0.6 is 11.8 Å². The summed E-state index contributed by atoms with van der Waals surface area (Å²) in [6, 6.07) is 12.6. The molecular formula is C21H26N2O3S2. The lowest BCUT2D eigenvalue weighted by molar-refractivity contribution is -0.115. The first-order valence-electron chi connectivity index (χ1n) is 9.42. The molecule has 1 fully saturated rings. The first-order valence-corrected chi connectivity index (χ1v) is 11.7. The number of nitrogens with one attached hydrogen (secondary N) is 1. The van der Waals surface area contributed by atoms with Gasteiger partial charge in [-0.15, -0.1) is 11.8 Å². The minimum atomic E-state index is -3.43. The van der Waals surface area contributed by atoms with Crippen molar-refractivity contribution >= 4 is 33.4 Å². The second-order valence-electron chi connectivity index (χ2n) is 7.13. The maximum absolute atomic E-state index is 12.6. The number of thioether (sulfide) groups is 1. The summed E-state index contributed by atoms with van der Waals surface area (Å²) >= 11 is 1.50. The predicted octanol–water partition coefficient (Wildman–Crippen LogP) is 4.21. The molecule has 0 bridgehead atoms. The Kier molecular flexibility index (Phi) is 6.47. The summed E-state index contributed by atoms with van der Waals surface area (Å²) in [6.45, 7) is 7.14. The maximum Gasteiger partial charge on any atom is 0.243 e. The molecule has 7 heteroatoms. The minimum Gasteiger partial charge on any atom is -0.325 e. The quantitative estimate of drug-likeness (QED) is 0.714. The van der Waals surface area contributed by atoms with Crippen LogP contribution in [0.25, 0.3) is 0 Å². The maximum atomic E-state index is 12.6. The van der Waals surface area contributed by atoms with Crippen LogP contribution in [0.4, 0.5) is 5.69 Å². The summed E-state index contributed by atoms with van der Waals surface area (Å²) in [5.74, 6) is -0.113. The highest BCUT2D eigenvalue weighted by Gasteiger charge is 2.27. The third kappa shape index (κ3) is 4.77. The van der Waals surface area contributed by atoms with Gasteiger partial charge >= 0.3 is 0 Å². The van der Waals surface area contributed by atoms with E-state index in [0.29, 0.717) is 18.8 Å². The number of rotatable bonds is 6. The van der Waals surface area contributed by atoms with Crippen molar-refractivity contribution in [3.05, 3.63) is 53.6 Å². The summed E-state index contributed by atoms with van der Waals surface area (Å²) in [4.78, 5) is 13.8. The SMILES string of the molecule is Cc1ccc(SC(C)C(=O)Nc2ccc(S(=O)(=O)N3CCCC3)cc2)cc1C. The van der Waals surface area contributed by atoms with Crippen molar-refractivity contribution in [1.29, 1.82) is 0 Å². The summed E-state index contributed by atoms with van der Waals surface area (Å²) in [6.07, 6.45) is 1.81. The average molecular weight is 419 g/mol. The molecule has 1 amide bonds. The molecule has 0 aromatic heterocycles. The van der Waals surface area contributed by atoms with E-state index in [1.807, 2.05) is 13.0 Å². The lowest BCUT2D eigenvalue weighted by Crippen LogP contribution is -2.27. The van der Waals surface area contributed by atoms with Gasteiger partial charge in [-0.1, -0.05) is 6.07 Å². The van der Waals surface area contributed by atoms with Crippen molar-refractivity contribution in [2.45, 2.75) is 48.7 Å². The van der Waals surface area contributed by atoms with Crippen LogP contribution in [0.1, 0.15) is 30.9 Å². The van der Waals surface area contributed by atoms with Gasteiger partial charge < -0.3 is 5.32 Å². The van der Waals surface area contributed by atoms with Crippen molar-refractivity contribution in [1.82, 2.24) is 4.31 Å². The van der Waals surface area contributed by atoms with E-state index in [9.17, 15) is 13.2 Å². The van der Waals surface area contributed by atoms with Gasteiger partial charge in [0, 0.05) is 23.7 Å². The van der Waals surface area contributed by atoms with Gasteiger partial charge in [-0.25, -0.2) is 8.42 Å². The number of amides is 1. The number of benzene rings is 2. The van der Waals surface area contributed by atoms with Gasteiger partial charge in [-0.05, 0) is 81.1 Å². The molecule has 28 heavy (non-hydrogen) atoms. The molecule has 2 aromatic rings. The topological polar surface area (TPSA) is 66.5 Å². The zero-order valence-corrected chi connectivity index (χ0v) is 18.1. The Labute approximate surface area is 171 Å². The molecule has 3 rings (SSSR count). The Balaban J connectivity index is 1.62. The lowest BCUT2D eigenvalue weighted by Gasteiger charge is -2.16. The first kappa shape index (κ1) is 20.9. The third-order valence-electron chi connectivity index (χ3n) is 4.99. The van der Waals surface area contributed by atoms with Crippen LogP contribution in [-0.4, -0.2) is 37.0 Å². The molecule has 1 aliphatic rings. The molecule has 1 unspecified atom stereocenters. The van der Waals surface area contributed by atoms with Crippen LogP contribution in [0.15, 0.2) is 52.3 Å². The smallest absolute Gasteiger partial charge is 0.243 e. The Morgan fingerprint density at radius 3 is 2.29 bits per heavy atom. The number of nitrogens with zero attached hydrogens (tertiary/aromatic N) is 1. The lowest BCUT2D eigenvalue weighted by atomic mass is 10.1. The van der Waals surface area contributed by atoms with Crippen molar-refractivity contribution in [3.63, 3.8) is 0 Å². The Morgan fingerprint density at radius 1 is 1.04 bits per heavy atom. The van der Waals surface area contributed by atoms with Gasteiger partial charge in [0.05, 0.1) is 10.1 Å². The number of aryl methyl sites for hydroxylation is 2. The van der Waals surface area contributed by atoms with E-state index in [2.05, 4.69) is 31.3 Å². The number of anilines is 1. The Hall–Kier alpha value is -1.83. The molecule has 1 heterocycles. The van der Waals surface area contributed by atoms with Crippen LogP contribution in [-0.2, 0) is 14.8 Å². The predicted molar refractivity (Wildman–Crippen MR) is 114 cm³/mol. The standard InChI is InChI=1S/C21H26N2O3S2/c1-15-6-9-19(14-16(15)2)27-17(3)21(24)22-18-7-10-20(11-8-18)28(25,26)23-12-4-5-13-23/h6-11,14,17H,4-5,12-13H2,1-3H3,(H,22,24). The van der Waals surface area contributed by atoms with E-state index in [1.165, 1.54) is 27.2 Å². The van der Waals surface area contributed by atoms with Gasteiger partial charge in [-0.3, -0.25) is 4.79 Å². The van der Waals surface area contributed by atoms with E-state index in [-0.39, 0.29) is 16.1 Å². The molecule has 1 saturated heterocycles. The van der Waals surface area contributed by atoms with E-state index >= 15 is 0 Å². The van der Waals surface area contributed by atoms with Gasteiger partial charge in [0.2, 0.25) is 15.9 Å². The fourth-order valence-electron chi connectivity index (χ4n) is 3.08. The monoisotopic (exact) mass is 418 g/mol. The van der Waals surface area contributed by atoms with Crippen LogP contribution in [0.3, 0.4) is 0 Å². The van der Waals surface area contributed by atoms with Crippen molar-refractivity contribution in [2.24, 2.45) is 0 Å². The molecule has 150 valence electrons. The molecule has 1 aliphatic heterocycles. The Bertz CT molecular complexity index is 950. The van der Waals surface area contributed by atoms with E-state index in [0.717, 1.165) is 17.7 Å². The fraction of sp³-hybridized carbons (Fsp3) is 0.381. The second-order valence-corrected chi connectivity index (χ2v) is 10.5. The highest BCUT2D eigenvalue weighted by Crippen LogP contribution is 2.27. The minimum absolute atomic E-state index is 0.113. The number of hydrogen-bond donors (Lipinski definition) is 1. The summed E-state index contributed by atoms with van der Waals surface area (Å²) < 4.78 is 26.6.